The Labute approximate surface area is 198 Å². The Morgan fingerprint density at radius 2 is 1.79 bits per heavy atom. The normalized spacial score (nSPS) is 10.9. The highest BCUT2D eigenvalue weighted by atomic mass is 35.5. The van der Waals surface area contributed by atoms with Crippen LogP contribution in [0.25, 0.3) is 22.6 Å². The topological polar surface area (TPSA) is 67.6 Å². The third kappa shape index (κ3) is 4.96. The van der Waals surface area contributed by atoms with Crippen LogP contribution in [-0.2, 0) is 0 Å². The number of nitrogens with zero attached hydrogens (tertiary/aromatic N) is 2. The van der Waals surface area contributed by atoms with E-state index in [4.69, 9.17) is 20.8 Å². The number of oxazole rings is 1. The highest BCUT2D eigenvalue weighted by molar-refractivity contribution is 6.32. The van der Waals surface area contributed by atoms with Gasteiger partial charge in [0.15, 0.2) is 5.58 Å². The van der Waals surface area contributed by atoms with Crippen molar-refractivity contribution in [2.45, 2.75) is 20.8 Å². The molecule has 3 aromatic carbocycles. The molecule has 0 aliphatic rings. The number of fused-ring (bicyclic) bond motifs is 1. The third-order valence-electron chi connectivity index (χ3n) is 5.38. The van der Waals surface area contributed by atoms with Gasteiger partial charge < -0.3 is 19.4 Å². The van der Waals surface area contributed by atoms with Gasteiger partial charge in [-0.3, -0.25) is 4.79 Å². The zero-order chi connectivity index (χ0) is 23.4. The molecule has 7 heteroatoms. The lowest BCUT2D eigenvalue weighted by molar-refractivity contribution is 0.102. The molecule has 0 saturated carbocycles. The average Bonchev–Trinajstić information content (AvgIpc) is 3.25. The molecule has 1 amide bonds. The van der Waals surface area contributed by atoms with Gasteiger partial charge in [0.1, 0.15) is 11.3 Å². The number of benzene rings is 3. The highest BCUT2D eigenvalue weighted by Crippen LogP contribution is 2.29. The average molecular weight is 464 g/mol. The van der Waals surface area contributed by atoms with Crippen LogP contribution in [-0.4, -0.2) is 30.6 Å². The van der Waals surface area contributed by atoms with Crippen molar-refractivity contribution >= 4 is 40.0 Å². The molecule has 1 heterocycles. The van der Waals surface area contributed by atoms with Crippen LogP contribution >= 0.6 is 11.6 Å². The van der Waals surface area contributed by atoms with Gasteiger partial charge in [0.25, 0.3) is 5.91 Å². The van der Waals surface area contributed by atoms with Crippen molar-refractivity contribution in [3.8, 4) is 17.2 Å². The van der Waals surface area contributed by atoms with Crippen LogP contribution in [0, 0.1) is 0 Å². The molecule has 1 N–H and O–H groups in total. The summed E-state index contributed by atoms with van der Waals surface area (Å²) < 4.78 is 11.4. The molecule has 0 aliphatic heterocycles. The molecule has 170 valence electrons. The number of aromatic nitrogens is 1. The molecule has 0 unspecified atom stereocenters. The number of rotatable bonds is 8. The standard InChI is InChI=1S/C26H26ClN3O3/c1-4-30(5-2)20-11-7-17(8-12-20)26-29-22-16-19(10-14-24(22)33-26)28-25(31)18-9-13-23(32-6-3)21(27)15-18/h7-16H,4-6H2,1-3H3,(H,28,31). The lowest BCUT2D eigenvalue weighted by Crippen LogP contribution is -2.21. The van der Waals surface area contributed by atoms with E-state index in [1.165, 1.54) is 5.69 Å². The smallest absolute Gasteiger partial charge is 0.255 e. The SMILES string of the molecule is CCOc1ccc(C(=O)Nc2ccc3oc(-c4ccc(N(CC)CC)cc4)nc3c2)cc1Cl. The van der Waals surface area contributed by atoms with Crippen molar-refractivity contribution < 1.29 is 13.9 Å². The molecule has 0 spiro atoms. The minimum atomic E-state index is -0.269. The number of hydrogen-bond acceptors (Lipinski definition) is 5. The largest absolute Gasteiger partial charge is 0.492 e. The number of carbonyl (C=O) groups excluding carboxylic acids is 1. The number of nitrogens with one attached hydrogen (secondary N) is 1. The minimum absolute atomic E-state index is 0.269. The number of halogens is 1. The van der Waals surface area contributed by atoms with Crippen molar-refractivity contribution in [2.24, 2.45) is 0 Å². The number of anilines is 2. The lowest BCUT2D eigenvalue weighted by atomic mass is 10.2. The van der Waals surface area contributed by atoms with E-state index in [9.17, 15) is 4.79 Å². The van der Waals surface area contributed by atoms with Crippen molar-refractivity contribution in [2.75, 3.05) is 29.9 Å². The fourth-order valence-corrected chi connectivity index (χ4v) is 3.89. The van der Waals surface area contributed by atoms with Crippen molar-refractivity contribution in [3.63, 3.8) is 0 Å². The van der Waals surface area contributed by atoms with E-state index in [-0.39, 0.29) is 5.91 Å². The molecule has 33 heavy (non-hydrogen) atoms. The summed E-state index contributed by atoms with van der Waals surface area (Å²) in [4.78, 5) is 19.6. The molecular formula is C26H26ClN3O3. The van der Waals surface area contributed by atoms with Crippen LogP contribution in [0.4, 0.5) is 11.4 Å². The Bertz CT molecular complexity index is 1260. The quantitative estimate of drug-likeness (QED) is 0.317. The molecule has 4 aromatic rings. The Morgan fingerprint density at radius 1 is 1.03 bits per heavy atom. The van der Waals surface area contributed by atoms with Gasteiger partial charge >= 0.3 is 0 Å². The Balaban J connectivity index is 1.52. The van der Waals surface area contributed by atoms with Crippen LogP contribution in [0.1, 0.15) is 31.1 Å². The van der Waals surface area contributed by atoms with Crippen molar-refractivity contribution in [1.29, 1.82) is 0 Å². The maximum atomic E-state index is 12.7. The highest BCUT2D eigenvalue weighted by Gasteiger charge is 2.13. The maximum Gasteiger partial charge on any atom is 0.255 e. The van der Waals surface area contributed by atoms with Gasteiger partial charge in [-0.2, -0.15) is 0 Å². The second kappa shape index (κ2) is 9.96. The Hall–Kier alpha value is -3.51. The van der Waals surface area contributed by atoms with Crippen LogP contribution in [0.15, 0.2) is 65.1 Å². The third-order valence-corrected chi connectivity index (χ3v) is 5.68. The minimum Gasteiger partial charge on any atom is -0.492 e. The lowest BCUT2D eigenvalue weighted by Gasteiger charge is -2.20. The Morgan fingerprint density at radius 3 is 2.45 bits per heavy atom. The van der Waals surface area contributed by atoms with Gasteiger partial charge in [0, 0.05) is 35.6 Å². The maximum absolute atomic E-state index is 12.7. The van der Waals surface area contributed by atoms with E-state index < -0.39 is 0 Å². The van der Waals surface area contributed by atoms with Crippen LogP contribution < -0.4 is 15.0 Å². The van der Waals surface area contributed by atoms with E-state index >= 15 is 0 Å². The zero-order valence-corrected chi connectivity index (χ0v) is 19.6. The molecule has 0 radical (unpaired) electrons. The number of carbonyl (C=O) groups is 1. The van der Waals surface area contributed by atoms with E-state index in [0.717, 1.165) is 18.7 Å². The molecule has 0 saturated heterocycles. The van der Waals surface area contributed by atoms with Crippen LogP contribution in [0.2, 0.25) is 5.02 Å². The monoisotopic (exact) mass is 463 g/mol. The molecular weight excluding hydrogens is 438 g/mol. The fraction of sp³-hybridized carbons (Fsp3) is 0.231. The summed E-state index contributed by atoms with van der Waals surface area (Å²) in [5.74, 6) is 0.824. The summed E-state index contributed by atoms with van der Waals surface area (Å²) in [6.07, 6.45) is 0. The van der Waals surface area contributed by atoms with E-state index in [2.05, 4.69) is 41.2 Å². The first-order chi connectivity index (χ1) is 16.0. The summed E-state index contributed by atoms with van der Waals surface area (Å²) in [5.41, 5.74) is 4.45. The Kier molecular flexibility index (Phi) is 6.84. The predicted octanol–water partition coefficient (Wildman–Crippen LogP) is 6.65. The van der Waals surface area contributed by atoms with E-state index in [0.29, 0.717) is 45.6 Å². The van der Waals surface area contributed by atoms with Gasteiger partial charge in [-0.15, -0.1) is 0 Å². The van der Waals surface area contributed by atoms with Crippen molar-refractivity contribution in [1.82, 2.24) is 4.98 Å². The number of amides is 1. The number of hydrogen-bond donors (Lipinski definition) is 1. The van der Waals surface area contributed by atoms with Crippen molar-refractivity contribution in [3.05, 3.63) is 71.2 Å². The fourth-order valence-electron chi connectivity index (χ4n) is 3.65. The van der Waals surface area contributed by atoms with Crippen LogP contribution in [0.3, 0.4) is 0 Å². The van der Waals surface area contributed by atoms with Gasteiger partial charge in [0.05, 0.1) is 11.6 Å². The van der Waals surface area contributed by atoms with E-state index in [1.54, 1.807) is 36.4 Å². The molecule has 0 fully saturated rings. The molecule has 0 aliphatic carbocycles. The summed E-state index contributed by atoms with van der Waals surface area (Å²) >= 11 is 6.21. The summed E-state index contributed by atoms with van der Waals surface area (Å²) in [6, 6.07) is 18.5. The molecule has 6 nitrogen and oxygen atoms in total. The second-order valence-corrected chi connectivity index (χ2v) is 7.86. The predicted molar refractivity (Wildman–Crippen MR) is 134 cm³/mol. The first kappa shape index (κ1) is 22.7. The van der Waals surface area contributed by atoms with Gasteiger partial charge in [-0.1, -0.05) is 11.6 Å². The summed E-state index contributed by atoms with van der Waals surface area (Å²) in [7, 11) is 0. The number of ether oxygens (including phenoxy) is 1. The summed E-state index contributed by atoms with van der Waals surface area (Å²) in [6.45, 7) is 8.57. The molecule has 0 bridgehead atoms. The molecule has 0 atom stereocenters. The first-order valence-corrected chi connectivity index (χ1v) is 11.4. The molecule has 1 aromatic heterocycles. The summed E-state index contributed by atoms with van der Waals surface area (Å²) in [5, 5.41) is 3.28. The first-order valence-electron chi connectivity index (χ1n) is 11.0. The second-order valence-electron chi connectivity index (χ2n) is 7.45. The van der Waals surface area contributed by atoms with E-state index in [1.807, 2.05) is 19.1 Å². The van der Waals surface area contributed by atoms with Gasteiger partial charge in [0.2, 0.25) is 5.89 Å². The zero-order valence-electron chi connectivity index (χ0n) is 18.9. The van der Waals surface area contributed by atoms with Crippen LogP contribution in [0.5, 0.6) is 5.75 Å². The van der Waals surface area contributed by atoms with Gasteiger partial charge in [-0.05, 0) is 81.4 Å². The molecule has 4 rings (SSSR count). The van der Waals surface area contributed by atoms with Gasteiger partial charge in [-0.25, -0.2) is 4.98 Å².